The van der Waals surface area contributed by atoms with Gasteiger partial charge >= 0.3 is 0 Å². The van der Waals surface area contributed by atoms with Crippen molar-refractivity contribution >= 4 is 37.8 Å². The number of rotatable bonds is 4. The molecule has 0 N–H and O–H groups in total. The summed E-state index contributed by atoms with van der Waals surface area (Å²) >= 11 is 0. The van der Waals surface area contributed by atoms with Crippen LogP contribution in [-0.2, 0) is 0 Å². The summed E-state index contributed by atoms with van der Waals surface area (Å²) in [6.07, 6.45) is 0. The van der Waals surface area contributed by atoms with Crippen LogP contribution >= 0.6 is 0 Å². The van der Waals surface area contributed by atoms with Crippen LogP contribution in [0.3, 0.4) is 0 Å². The Bertz CT molecular complexity index is 2580. The van der Waals surface area contributed by atoms with Gasteiger partial charge in [0, 0.05) is 22.1 Å². The Morgan fingerprint density at radius 2 is 1.11 bits per heavy atom. The largest absolute Gasteiger partial charge is 0.231 e. The zero-order valence-electron chi connectivity index (χ0n) is 24.9. The second kappa shape index (κ2) is 10.5. The van der Waals surface area contributed by atoms with Crippen LogP contribution in [0.15, 0.2) is 164 Å². The van der Waals surface area contributed by atoms with Gasteiger partial charge in [-0.1, -0.05) is 140 Å². The molecule has 0 aliphatic carbocycles. The molecule has 2 aromatic heterocycles. The Labute approximate surface area is 265 Å². The van der Waals surface area contributed by atoms with Crippen molar-refractivity contribution in [1.82, 2.24) is 9.61 Å². The second-order valence-corrected chi connectivity index (χ2v) is 11.8. The summed E-state index contributed by atoms with van der Waals surface area (Å²) < 4.78 is 17.0. The molecule has 0 fully saturated rings. The normalized spacial score (nSPS) is 11.6. The van der Waals surface area contributed by atoms with Crippen LogP contribution in [0.5, 0.6) is 0 Å². The molecular formula is C43H27FN2. The average molecular weight is 591 g/mol. The van der Waals surface area contributed by atoms with Gasteiger partial charge in [0.1, 0.15) is 11.5 Å². The van der Waals surface area contributed by atoms with Crippen molar-refractivity contribution in [3.63, 3.8) is 0 Å². The summed E-state index contributed by atoms with van der Waals surface area (Å²) in [7, 11) is 0. The number of pyridine rings is 1. The summed E-state index contributed by atoms with van der Waals surface area (Å²) in [5, 5.41) is 11.9. The van der Waals surface area contributed by atoms with Crippen LogP contribution < -0.4 is 0 Å². The lowest BCUT2D eigenvalue weighted by molar-refractivity contribution is 0.630. The van der Waals surface area contributed by atoms with E-state index in [1.165, 1.54) is 27.8 Å². The summed E-state index contributed by atoms with van der Waals surface area (Å²) in [6.45, 7) is 0. The maximum Gasteiger partial charge on any atom is 0.123 e. The molecule has 2 heterocycles. The lowest BCUT2D eigenvalue weighted by Gasteiger charge is -2.11. The molecule has 0 radical (unpaired) electrons. The molecule has 0 aliphatic rings. The maximum atomic E-state index is 14.9. The molecule has 9 aromatic rings. The van der Waals surface area contributed by atoms with Crippen LogP contribution in [0.4, 0.5) is 4.39 Å². The summed E-state index contributed by atoms with van der Waals surface area (Å²) in [5.74, 6) is -0.270. The quantitative estimate of drug-likeness (QED) is 0.199. The lowest BCUT2D eigenvalue weighted by atomic mass is 9.93. The molecule has 0 amide bonds. The first-order valence-corrected chi connectivity index (χ1v) is 15.5. The molecule has 0 atom stereocenters. The SMILES string of the molecule is Fc1ccc2cc(-c3ccccc3)n3nc(-c4ccc(-c5cccc6ccccc56)cc4)c(-c4ccc5ccccc5c4)c3c2c1. The zero-order valence-corrected chi connectivity index (χ0v) is 24.9. The second-order valence-electron chi connectivity index (χ2n) is 11.8. The molecule has 46 heavy (non-hydrogen) atoms. The van der Waals surface area contributed by atoms with E-state index in [0.717, 1.165) is 60.9 Å². The highest BCUT2D eigenvalue weighted by Crippen LogP contribution is 2.42. The number of nitrogens with zero attached hydrogens (tertiary/aromatic N) is 2. The smallest absolute Gasteiger partial charge is 0.123 e. The van der Waals surface area contributed by atoms with Crippen molar-refractivity contribution in [2.24, 2.45) is 0 Å². The van der Waals surface area contributed by atoms with Crippen molar-refractivity contribution in [2.45, 2.75) is 0 Å². The lowest BCUT2D eigenvalue weighted by Crippen LogP contribution is -1.96. The number of hydrogen-bond donors (Lipinski definition) is 0. The molecule has 9 rings (SSSR count). The Morgan fingerprint density at radius 1 is 0.435 bits per heavy atom. The highest BCUT2D eigenvalue weighted by molar-refractivity contribution is 6.09. The average Bonchev–Trinajstić information content (AvgIpc) is 3.52. The van der Waals surface area contributed by atoms with E-state index in [-0.39, 0.29) is 5.82 Å². The van der Waals surface area contributed by atoms with Crippen LogP contribution in [0.2, 0.25) is 0 Å². The fourth-order valence-electron chi connectivity index (χ4n) is 6.83. The van der Waals surface area contributed by atoms with E-state index in [1.54, 1.807) is 6.07 Å². The van der Waals surface area contributed by atoms with E-state index in [2.05, 4.69) is 127 Å². The third-order valence-electron chi connectivity index (χ3n) is 9.04. The predicted molar refractivity (Wildman–Crippen MR) is 189 cm³/mol. The maximum absolute atomic E-state index is 14.9. The van der Waals surface area contributed by atoms with Crippen molar-refractivity contribution in [1.29, 1.82) is 0 Å². The van der Waals surface area contributed by atoms with E-state index in [9.17, 15) is 4.39 Å². The first-order chi connectivity index (χ1) is 22.7. The molecule has 3 heteroatoms. The highest BCUT2D eigenvalue weighted by atomic mass is 19.1. The van der Waals surface area contributed by atoms with E-state index in [0.29, 0.717) is 0 Å². The fourth-order valence-corrected chi connectivity index (χ4v) is 6.83. The van der Waals surface area contributed by atoms with Gasteiger partial charge < -0.3 is 0 Å². The predicted octanol–water partition coefficient (Wildman–Crippen LogP) is 11.6. The van der Waals surface area contributed by atoms with Crippen molar-refractivity contribution < 1.29 is 4.39 Å². The van der Waals surface area contributed by atoms with Crippen molar-refractivity contribution in [3.05, 3.63) is 170 Å². The number of aromatic nitrogens is 2. The standard InChI is InChI=1S/C43H27FN2/c44-36-24-23-34-26-40(31-11-2-1-3-12-31)46-43(39(34)27-36)41(35-22-17-28-9-4-5-13-33(28)25-35)42(45-46)32-20-18-30(19-21-32)38-16-8-14-29-10-6-7-15-37(29)38/h1-27H. The number of hydrogen-bond acceptors (Lipinski definition) is 1. The molecule has 0 unspecified atom stereocenters. The monoisotopic (exact) mass is 590 g/mol. The van der Waals surface area contributed by atoms with Gasteiger partial charge in [-0.2, -0.15) is 5.10 Å². The molecule has 2 nitrogen and oxygen atoms in total. The van der Waals surface area contributed by atoms with Crippen LogP contribution in [0, 0.1) is 5.82 Å². The van der Waals surface area contributed by atoms with Gasteiger partial charge in [-0.25, -0.2) is 8.91 Å². The van der Waals surface area contributed by atoms with Gasteiger partial charge in [0.05, 0.1) is 11.2 Å². The van der Waals surface area contributed by atoms with Crippen LogP contribution in [0.25, 0.3) is 82.6 Å². The number of halogens is 1. The fraction of sp³-hybridized carbons (Fsp3) is 0. The molecule has 7 aromatic carbocycles. The Hall–Kier alpha value is -6.06. The van der Waals surface area contributed by atoms with Crippen LogP contribution in [0.1, 0.15) is 0 Å². The summed E-state index contributed by atoms with van der Waals surface area (Å²) in [6, 6.07) is 56.0. The first-order valence-electron chi connectivity index (χ1n) is 15.5. The third kappa shape index (κ3) is 4.28. The number of fused-ring (bicyclic) bond motifs is 5. The van der Waals surface area contributed by atoms with Gasteiger partial charge in [0.25, 0.3) is 0 Å². The van der Waals surface area contributed by atoms with E-state index in [4.69, 9.17) is 5.10 Å². The third-order valence-corrected chi connectivity index (χ3v) is 9.04. The molecule has 0 bridgehead atoms. The molecule has 0 saturated carbocycles. The zero-order chi connectivity index (χ0) is 30.6. The highest BCUT2D eigenvalue weighted by Gasteiger charge is 2.22. The van der Waals surface area contributed by atoms with Crippen molar-refractivity contribution in [3.8, 4) is 44.8 Å². The summed E-state index contributed by atoms with van der Waals surface area (Å²) in [4.78, 5) is 0. The summed E-state index contributed by atoms with van der Waals surface area (Å²) in [5.41, 5.74) is 9.11. The van der Waals surface area contributed by atoms with E-state index >= 15 is 0 Å². The van der Waals surface area contributed by atoms with Gasteiger partial charge in [0.15, 0.2) is 0 Å². The topological polar surface area (TPSA) is 17.3 Å². The molecular weight excluding hydrogens is 563 g/mol. The molecule has 0 spiro atoms. The molecule has 0 aliphatic heterocycles. The minimum absolute atomic E-state index is 0.270. The molecule has 0 saturated heterocycles. The van der Waals surface area contributed by atoms with Gasteiger partial charge in [-0.05, 0) is 67.9 Å². The van der Waals surface area contributed by atoms with Crippen LogP contribution in [-0.4, -0.2) is 9.61 Å². The minimum atomic E-state index is -0.270. The Morgan fingerprint density at radius 3 is 1.96 bits per heavy atom. The number of benzene rings is 7. The van der Waals surface area contributed by atoms with Gasteiger partial charge in [-0.15, -0.1) is 0 Å². The van der Waals surface area contributed by atoms with Crippen molar-refractivity contribution in [2.75, 3.05) is 0 Å². The van der Waals surface area contributed by atoms with E-state index < -0.39 is 0 Å². The first kappa shape index (κ1) is 26.4. The minimum Gasteiger partial charge on any atom is -0.231 e. The van der Waals surface area contributed by atoms with Gasteiger partial charge in [-0.3, -0.25) is 0 Å². The Kier molecular flexibility index (Phi) is 6.04. The Balaban J connectivity index is 1.34. The van der Waals surface area contributed by atoms with Gasteiger partial charge in [0.2, 0.25) is 0 Å². The molecule has 216 valence electrons. The van der Waals surface area contributed by atoms with E-state index in [1.807, 2.05) is 28.8 Å².